The largest absolute Gasteiger partial charge is 0.502 e. The Bertz CT molecular complexity index is 1100. The van der Waals surface area contributed by atoms with E-state index in [1.54, 1.807) is 20.8 Å². The normalized spacial score (nSPS) is 9.71. The average molecular weight is 577 g/mol. The smallest absolute Gasteiger partial charge is 0.227 e. The van der Waals surface area contributed by atoms with Gasteiger partial charge in [-0.25, -0.2) is 0 Å². The SMILES string of the molecule is CCc1oc(C)cc(=O)c1O.CCc1oc(C)cc(=O)c1O.CCc1oc(C)cc(=O)c1O.[In]. The van der Waals surface area contributed by atoms with E-state index in [2.05, 4.69) is 0 Å². The molecule has 0 saturated carbocycles. The number of aryl methyl sites for hydroxylation is 6. The van der Waals surface area contributed by atoms with Crippen molar-refractivity contribution in [1.29, 1.82) is 0 Å². The number of aromatic hydroxyl groups is 3. The van der Waals surface area contributed by atoms with Crippen LogP contribution in [0.1, 0.15) is 55.3 Å². The van der Waals surface area contributed by atoms with Gasteiger partial charge in [-0.15, -0.1) is 0 Å². The van der Waals surface area contributed by atoms with Crippen molar-refractivity contribution in [3.8, 4) is 17.2 Å². The Balaban J connectivity index is 0.000000473. The van der Waals surface area contributed by atoms with E-state index in [1.807, 2.05) is 20.8 Å². The van der Waals surface area contributed by atoms with E-state index in [4.69, 9.17) is 28.6 Å². The van der Waals surface area contributed by atoms with Crippen LogP contribution in [0.15, 0.2) is 45.8 Å². The van der Waals surface area contributed by atoms with E-state index in [1.165, 1.54) is 18.2 Å². The summed E-state index contributed by atoms with van der Waals surface area (Å²) in [7, 11) is 0. The summed E-state index contributed by atoms with van der Waals surface area (Å²) in [6, 6.07) is 3.82. The third-order valence-electron chi connectivity index (χ3n) is 4.31. The Hall–Kier alpha value is -2.88. The van der Waals surface area contributed by atoms with Crippen LogP contribution in [0.5, 0.6) is 17.2 Å². The van der Waals surface area contributed by atoms with Crippen molar-refractivity contribution in [2.45, 2.75) is 60.8 Å². The zero-order valence-electron chi connectivity index (χ0n) is 20.2. The Labute approximate surface area is 215 Å². The van der Waals surface area contributed by atoms with Gasteiger partial charge in [0.15, 0.2) is 0 Å². The van der Waals surface area contributed by atoms with Crippen LogP contribution in [0.4, 0.5) is 0 Å². The van der Waals surface area contributed by atoms with E-state index >= 15 is 0 Å². The van der Waals surface area contributed by atoms with Crippen LogP contribution in [0.3, 0.4) is 0 Å². The van der Waals surface area contributed by atoms with Crippen LogP contribution in [0.25, 0.3) is 0 Å². The maximum absolute atomic E-state index is 10.9. The Morgan fingerprint density at radius 3 is 0.941 bits per heavy atom. The van der Waals surface area contributed by atoms with Gasteiger partial charge in [-0.2, -0.15) is 0 Å². The first-order valence-electron chi connectivity index (χ1n) is 10.4. The van der Waals surface area contributed by atoms with Crippen molar-refractivity contribution < 1.29 is 28.6 Å². The zero-order chi connectivity index (χ0) is 25.3. The molecule has 0 bridgehead atoms. The minimum atomic E-state index is -0.370. The summed E-state index contributed by atoms with van der Waals surface area (Å²) < 4.78 is 15.3. The molecule has 0 aliphatic heterocycles. The molecule has 3 aromatic rings. The summed E-state index contributed by atoms with van der Waals surface area (Å²) in [5.74, 6) is 1.87. The van der Waals surface area contributed by atoms with Crippen LogP contribution >= 0.6 is 0 Å². The van der Waals surface area contributed by atoms with Gasteiger partial charge in [0.25, 0.3) is 0 Å². The molecule has 3 rings (SSSR count). The Morgan fingerprint density at radius 1 is 0.559 bits per heavy atom. The van der Waals surface area contributed by atoms with Gasteiger partial charge in [0.1, 0.15) is 34.6 Å². The predicted octanol–water partition coefficient (Wildman–Crippen LogP) is 3.27. The van der Waals surface area contributed by atoms with E-state index in [9.17, 15) is 14.4 Å². The van der Waals surface area contributed by atoms with Gasteiger partial charge in [0.2, 0.25) is 33.5 Å². The van der Waals surface area contributed by atoms with Gasteiger partial charge in [0, 0.05) is 63.3 Å². The molecule has 0 aliphatic rings. The fourth-order valence-corrected chi connectivity index (χ4v) is 2.71. The quantitative estimate of drug-likeness (QED) is 0.426. The molecule has 0 spiro atoms. The first-order chi connectivity index (χ1) is 15.4. The maximum Gasteiger partial charge on any atom is 0.227 e. The monoisotopic (exact) mass is 577 g/mol. The summed E-state index contributed by atoms with van der Waals surface area (Å²) in [5.41, 5.74) is -1.11. The number of hydrogen-bond donors (Lipinski definition) is 3. The van der Waals surface area contributed by atoms with Crippen LogP contribution in [-0.2, 0) is 19.3 Å². The molecule has 3 heterocycles. The third kappa shape index (κ3) is 8.81. The standard InChI is InChI=1S/3C8H10O3.In/c3*1-3-7-8(10)6(9)4-5(2)11-7;/h3*4,10H,3H2,1-2H3;. The van der Waals surface area contributed by atoms with Crippen LogP contribution < -0.4 is 16.3 Å². The minimum Gasteiger partial charge on any atom is -0.502 e. The topological polar surface area (TPSA) is 151 Å². The molecule has 0 fully saturated rings. The minimum absolute atomic E-state index is 0. The van der Waals surface area contributed by atoms with Crippen LogP contribution in [0, 0.1) is 20.8 Å². The molecule has 0 amide bonds. The maximum atomic E-state index is 10.9. The molecular weight excluding hydrogens is 547 g/mol. The summed E-state index contributed by atoms with van der Waals surface area (Å²) in [4.78, 5) is 32.7. The van der Waals surface area contributed by atoms with Gasteiger partial charge in [-0.05, 0) is 20.8 Å². The fourth-order valence-electron chi connectivity index (χ4n) is 2.71. The fraction of sp³-hybridized carbons (Fsp3) is 0.375. The summed E-state index contributed by atoms with van der Waals surface area (Å²) in [6.07, 6.45) is 1.59. The molecule has 34 heavy (non-hydrogen) atoms. The van der Waals surface area contributed by atoms with E-state index < -0.39 is 0 Å². The van der Waals surface area contributed by atoms with Crippen molar-refractivity contribution >= 4 is 25.8 Å². The molecule has 0 aromatic carbocycles. The summed E-state index contributed by atoms with van der Waals surface area (Å²) in [6.45, 7) is 10.5. The molecule has 0 aliphatic carbocycles. The molecule has 0 unspecified atom stereocenters. The van der Waals surface area contributed by atoms with Crippen molar-refractivity contribution in [2.75, 3.05) is 0 Å². The van der Waals surface area contributed by atoms with E-state index in [0.717, 1.165) is 0 Å². The molecule has 3 aromatic heterocycles. The second-order valence-electron chi connectivity index (χ2n) is 7.04. The van der Waals surface area contributed by atoms with E-state index in [0.29, 0.717) is 53.8 Å². The van der Waals surface area contributed by atoms with Crippen molar-refractivity contribution in [3.63, 3.8) is 0 Å². The molecule has 3 N–H and O–H groups in total. The molecule has 0 atom stereocenters. The molecule has 0 saturated heterocycles. The molecule has 10 heteroatoms. The number of rotatable bonds is 3. The molecule has 3 radical (unpaired) electrons. The molecular formula is C24H30InO9. The van der Waals surface area contributed by atoms with E-state index in [-0.39, 0.29) is 59.4 Å². The first kappa shape index (κ1) is 31.1. The zero-order valence-corrected chi connectivity index (χ0v) is 23.5. The number of hydrogen-bond acceptors (Lipinski definition) is 9. The summed E-state index contributed by atoms with van der Waals surface area (Å²) in [5, 5.41) is 27.3. The van der Waals surface area contributed by atoms with Crippen molar-refractivity contribution in [2.24, 2.45) is 0 Å². The predicted molar refractivity (Wildman–Crippen MR) is 128 cm³/mol. The van der Waals surface area contributed by atoms with Crippen molar-refractivity contribution in [3.05, 3.63) is 83.4 Å². The van der Waals surface area contributed by atoms with Crippen LogP contribution in [-0.4, -0.2) is 41.2 Å². The van der Waals surface area contributed by atoms with Gasteiger partial charge in [-0.1, -0.05) is 20.8 Å². The van der Waals surface area contributed by atoms with Crippen LogP contribution in [0.2, 0.25) is 0 Å². The average Bonchev–Trinajstić information content (AvgIpc) is 2.76. The molecule has 183 valence electrons. The first-order valence-corrected chi connectivity index (χ1v) is 10.4. The van der Waals surface area contributed by atoms with Crippen molar-refractivity contribution in [1.82, 2.24) is 0 Å². The second kappa shape index (κ2) is 14.4. The van der Waals surface area contributed by atoms with Gasteiger partial charge >= 0.3 is 0 Å². The second-order valence-corrected chi connectivity index (χ2v) is 7.04. The third-order valence-corrected chi connectivity index (χ3v) is 4.31. The van der Waals surface area contributed by atoms with Gasteiger partial charge < -0.3 is 28.6 Å². The van der Waals surface area contributed by atoms with Gasteiger partial charge in [0.05, 0.1) is 0 Å². The molecule has 9 nitrogen and oxygen atoms in total. The Morgan fingerprint density at radius 2 is 0.765 bits per heavy atom. The Kier molecular flexibility index (Phi) is 13.2. The summed E-state index contributed by atoms with van der Waals surface area (Å²) >= 11 is 0. The van der Waals surface area contributed by atoms with Gasteiger partial charge in [-0.3, -0.25) is 14.4 Å².